The minimum Gasteiger partial charge on any atom is -0.506 e. The maximum Gasteiger partial charge on any atom is 0.145 e. The highest BCUT2D eigenvalue weighted by molar-refractivity contribution is 9.10. The normalized spacial score (nSPS) is 10.3. The molecule has 0 aliphatic heterocycles. The van der Waals surface area contributed by atoms with E-state index in [9.17, 15) is 9.50 Å². The molecule has 0 heterocycles. The lowest BCUT2D eigenvalue weighted by molar-refractivity contribution is 0.339. The number of aromatic hydroxyl groups is 1. The van der Waals surface area contributed by atoms with Gasteiger partial charge in [0.1, 0.15) is 17.3 Å². The number of ether oxygens (including phenoxy) is 1. The molecule has 2 aromatic carbocycles. The van der Waals surface area contributed by atoms with Crippen LogP contribution >= 0.6 is 15.9 Å². The quantitative estimate of drug-likeness (QED) is 0.853. The summed E-state index contributed by atoms with van der Waals surface area (Å²) in [6, 6.07) is 9.75. The Balaban J connectivity index is 2.16. The Hall–Kier alpha value is -1.75. The van der Waals surface area contributed by atoms with Crippen molar-refractivity contribution in [2.75, 3.05) is 11.9 Å². The second-order valence-electron chi connectivity index (χ2n) is 4.17. The van der Waals surface area contributed by atoms with E-state index in [1.807, 2.05) is 19.1 Å². The molecule has 0 saturated carbocycles. The highest BCUT2D eigenvalue weighted by Crippen LogP contribution is 2.30. The van der Waals surface area contributed by atoms with Crippen molar-refractivity contribution in [2.45, 2.75) is 13.5 Å². The average molecular weight is 340 g/mol. The first-order chi connectivity index (χ1) is 9.61. The van der Waals surface area contributed by atoms with E-state index in [1.165, 1.54) is 12.1 Å². The van der Waals surface area contributed by atoms with Crippen molar-refractivity contribution < 1.29 is 14.2 Å². The summed E-state index contributed by atoms with van der Waals surface area (Å²) in [4.78, 5) is 0. The third-order valence-electron chi connectivity index (χ3n) is 2.78. The van der Waals surface area contributed by atoms with E-state index in [0.717, 1.165) is 5.56 Å². The van der Waals surface area contributed by atoms with Gasteiger partial charge in [-0.05, 0) is 41.1 Å². The molecule has 20 heavy (non-hydrogen) atoms. The van der Waals surface area contributed by atoms with Crippen LogP contribution in [-0.4, -0.2) is 11.7 Å². The lowest BCUT2D eigenvalue weighted by atomic mass is 10.2. The summed E-state index contributed by atoms with van der Waals surface area (Å²) < 4.78 is 19.2. The molecular formula is C15H15BrFNO2. The average Bonchev–Trinajstić information content (AvgIpc) is 2.42. The fourth-order valence-corrected chi connectivity index (χ4v) is 2.22. The Morgan fingerprint density at radius 2 is 2.10 bits per heavy atom. The monoisotopic (exact) mass is 339 g/mol. The standard InChI is InChI=1S/C15H15BrFNO2/c1-2-20-14-8-11(17)6-7-13(14)18-9-10-4-3-5-12(16)15(10)19/h3-8,18-19H,2,9H2,1H3. The van der Waals surface area contributed by atoms with E-state index in [2.05, 4.69) is 21.2 Å². The SMILES string of the molecule is CCOc1cc(F)ccc1NCc1cccc(Br)c1O. The Labute approximate surface area is 125 Å². The number of hydrogen-bond donors (Lipinski definition) is 2. The van der Waals surface area contributed by atoms with Crippen LogP contribution in [0.2, 0.25) is 0 Å². The first kappa shape index (κ1) is 14.7. The Bertz CT molecular complexity index is 604. The zero-order valence-electron chi connectivity index (χ0n) is 11.0. The van der Waals surface area contributed by atoms with Gasteiger partial charge in [0.15, 0.2) is 0 Å². The van der Waals surface area contributed by atoms with Crippen LogP contribution < -0.4 is 10.1 Å². The molecular weight excluding hydrogens is 325 g/mol. The summed E-state index contributed by atoms with van der Waals surface area (Å²) in [6.07, 6.45) is 0. The van der Waals surface area contributed by atoms with Crippen LogP contribution in [0.15, 0.2) is 40.9 Å². The third-order valence-corrected chi connectivity index (χ3v) is 3.42. The molecule has 0 radical (unpaired) electrons. The lowest BCUT2D eigenvalue weighted by Crippen LogP contribution is -2.03. The van der Waals surface area contributed by atoms with Crippen molar-refractivity contribution in [3.63, 3.8) is 0 Å². The van der Waals surface area contributed by atoms with Crippen molar-refractivity contribution in [3.05, 3.63) is 52.3 Å². The van der Waals surface area contributed by atoms with Crippen LogP contribution in [0.5, 0.6) is 11.5 Å². The molecule has 2 N–H and O–H groups in total. The topological polar surface area (TPSA) is 41.5 Å². The van der Waals surface area contributed by atoms with Crippen molar-refractivity contribution >= 4 is 21.6 Å². The molecule has 0 bridgehead atoms. The lowest BCUT2D eigenvalue weighted by Gasteiger charge is -2.13. The van der Waals surface area contributed by atoms with E-state index >= 15 is 0 Å². The zero-order valence-corrected chi connectivity index (χ0v) is 12.6. The van der Waals surface area contributed by atoms with Gasteiger partial charge in [-0.25, -0.2) is 4.39 Å². The van der Waals surface area contributed by atoms with Gasteiger partial charge >= 0.3 is 0 Å². The minimum absolute atomic E-state index is 0.195. The van der Waals surface area contributed by atoms with Crippen LogP contribution in [0.3, 0.4) is 0 Å². The van der Waals surface area contributed by atoms with E-state index in [1.54, 1.807) is 12.1 Å². The molecule has 0 atom stereocenters. The molecule has 0 unspecified atom stereocenters. The number of anilines is 1. The van der Waals surface area contributed by atoms with Gasteiger partial charge in [-0.1, -0.05) is 12.1 Å². The fourth-order valence-electron chi connectivity index (χ4n) is 1.81. The summed E-state index contributed by atoms with van der Waals surface area (Å²) in [5.74, 6) is 0.311. The van der Waals surface area contributed by atoms with Gasteiger partial charge in [0.2, 0.25) is 0 Å². The van der Waals surface area contributed by atoms with Crippen LogP contribution in [0, 0.1) is 5.82 Å². The van der Waals surface area contributed by atoms with Crippen LogP contribution in [-0.2, 0) is 6.54 Å². The second kappa shape index (κ2) is 6.61. The van der Waals surface area contributed by atoms with E-state index in [0.29, 0.717) is 29.1 Å². The third kappa shape index (κ3) is 3.42. The Kier molecular flexibility index (Phi) is 4.84. The Morgan fingerprint density at radius 1 is 1.30 bits per heavy atom. The van der Waals surface area contributed by atoms with E-state index in [-0.39, 0.29) is 11.6 Å². The summed E-state index contributed by atoms with van der Waals surface area (Å²) >= 11 is 3.27. The van der Waals surface area contributed by atoms with Crippen molar-refractivity contribution in [1.82, 2.24) is 0 Å². The Morgan fingerprint density at radius 3 is 2.85 bits per heavy atom. The summed E-state index contributed by atoms with van der Waals surface area (Å²) in [6.45, 7) is 2.71. The first-order valence-corrected chi connectivity index (χ1v) is 7.03. The van der Waals surface area contributed by atoms with E-state index < -0.39 is 0 Å². The number of hydrogen-bond acceptors (Lipinski definition) is 3. The molecule has 3 nitrogen and oxygen atoms in total. The van der Waals surface area contributed by atoms with Gasteiger partial charge in [-0.3, -0.25) is 0 Å². The summed E-state index contributed by atoms with van der Waals surface area (Å²) in [5.41, 5.74) is 1.43. The van der Waals surface area contributed by atoms with Crippen molar-refractivity contribution in [2.24, 2.45) is 0 Å². The molecule has 0 aromatic heterocycles. The summed E-state index contributed by atoms with van der Waals surface area (Å²) in [5, 5.41) is 13.1. The number of halogens is 2. The van der Waals surface area contributed by atoms with Crippen molar-refractivity contribution in [1.29, 1.82) is 0 Å². The smallest absolute Gasteiger partial charge is 0.145 e. The molecule has 0 amide bonds. The van der Waals surface area contributed by atoms with Gasteiger partial charge < -0.3 is 15.2 Å². The zero-order chi connectivity index (χ0) is 14.5. The predicted molar refractivity (Wildman–Crippen MR) is 80.7 cm³/mol. The molecule has 2 rings (SSSR count). The second-order valence-corrected chi connectivity index (χ2v) is 5.03. The molecule has 0 saturated heterocycles. The molecule has 0 fully saturated rings. The molecule has 5 heteroatoms. The van der Waals surface area contributed by atoms with Gasteiger partial charge in [-0.2, -0.15) is 0 Å². The molecule has 0 spiro atoms. The summed E-state index contributed by atoms with van der Waals surface area (Å²) in [7, 11) is 0. The molecule has 106 valence electrons. The van der Waals surface area contributed by atoms with Gasteiger partial charge in [0.25, 0.3) is 0 Å². The number of phenolic OH excluding ortho intramolecular Hbond substituents is 1. The largest absolute Gasteiger partial charge is 0.506 e. The minimum atomic E-state index is -0.343. The van der Waals surface area contributed by atoms with Gasteiger partial charge in [0.05, 0.1) is 16.8 Å². The number of rotatable bonds is 5. The van der Waals surface area contributed by atoms with Crippen LogP contribution in [0.25, 0.3) is 0 Å². The van der Waals surface area contributed by atoms with Crippen LogP contribution in [0.1, 0.15) is 12.5 Å². The van der Waals surface area contributed by atoms with E-state index in [4.69, 9.17) is 4.74 Å². The van der Waals surface area contributed by atoms with Crippen molar-refractivity contribution in [3.8, 4) is 11.5 Å². The maximum atomic E-state index is 13.2. The van der Waals surface area contributed by atoms with Crippen LogP contribution in [0.4, 0.5) is 10.1 Å². The maximum absolute atomic E-state index is 13.2. The first-order valence-electron chi connectivity index (χ1n) is 6.24. The molecule has 0 aliphatic carbocycles. The number of benzene rings is 2. The molecule has 2 aromatic rings. The van der Waals surface area contributed by atoms with Gasteiger partial charge in [0, 0.05) is 18.2 Å². The highest BCUT2D eigenvalue weighted by Gasteiger charge is 2.08. The number of para-hydroxylation sites is 1. The highest BCUT2D eigenvalue weighted by atomic mass is 79.9. The fraction of sp³-hybridized carbons (Fsp3) is 0.200. The molecule has 0 aliphatic rings. The predicted octanol–water partition coefficient (Wildman–Crippen LogP) is 4.30. The van der Waals surface area contributed by atoms with Gasteiger partial charge in [-0.15, -0.1) is 0 Å². The number of phenols is 1. The number of nitrogens with one attached hydrogen (secondary N) is 1.